The minimum absolute atomic E-state index is 0.288. The number of ether oxygens (including phenoxy) is 4. The van der Waals surface area contributed by atoms with E-state index in [0.717, 1.165) is 4.70 Å². The van der Waals surface area contributed by atoms with E-state index in [1.165, 1.54) is 38.7 Å². The van der Waals surface area contributed by atoms with Crippen molar-refractivity contribution in [3.05, 3.63) is 28.6 Å². The zero-order valence-corrected chi connectivity index (χ0v) is 14.7. The largest absolute Gasteiger partial charge is 0.493 e. The zero-order valence-electron chi connectivity index (χ0n) is 13.9. The van der Waals surface area contributed by atoms with E-state index in [0.29, 0.717) is 28.0 Å². The molecule has 0 unspecified atom stereocenters. The summed E-state index contributed by atoms with van der Waals surface area (Å²) in [6.07, 6.45) is 2.89. The molecule has 0 N–H and O–H groups in total. The quantitative estimate of drug-likeness (QED) is 0.588. The smallest absolute Gasteiger partial charge is 0.339 e. The Morgan fingerprint density at radius 2 is 1.96 bits per heavy atom. The Morgan fingerprint density at radius 3 is 2.54 bits per heavy atom. The fraction of sp³-hybridized carbons (Fsp3) is 0.294. The number of carbonyl (C=O) groups is 2. The van der Waals surface area contributed by atoms with E-state index < -0.39 is 11.9 Å². The number of esters is 2. The molecule has 0 spiro atoms. The molecule has 0 aliphatic carbocycles. The fourth-order valence-electron chi connectivity index (χ4n) is 2.29. The van der Waals surface area contributed by atoms with E-state index in [1.54, 1.807) is 24.4 Å². The topological polar surface area (TPSA) is 71.1 Å². The molecule has 6 nitrogen and oxygen atoms in total. The first-order valence-corrected chi connectivity index (χ1v) is 8.04. The molecule has 0 saturated heterocycles. The minimum atomic E-state index is -0.463. The normalized spacial score (nSPS) is 10.8. The van der Waals surface area contributed by atoms with E-state index in [4.69, 9.17) is 18.9 Å². The lowest BCUT2D eigenvalue weighted by molar-refractivity contribution is -0.137. The molecule has 0 bridgehead atoms. The Kier molecular flexibility index (Phi) is 5.81. The van der Waals surface area contributed by atoms with Gasteiger partial charge >= 0.3 is 11.9 Å². The lowest BCUT2D eigenvalue weighted by atomic mass is 10.0. The summed E-state index contributed by atoms with van der Waals surface area (Å²) < 4.78 is 21.2. The predicted molar refractivity (Wildman–Crippen MR) is 91.9 cm³/mol. The maximum Gasteiger partial charge on any atom is 0.339 e. The van der Waals surface area contributed by atoms with E-state index >= 15 is 0 Å². The second kappa shape index (κ2) is 7.83. The van der Waals surface area contributed by atoms with Gasteiger partial charge in [-0.1, -0.05) is 0 Å². The summed E-state index contributed by atoms with van der Waals surface area (Å²) in [4.78, 5) is 23.6. The van der Waals surface area contributed by atoms with Gasteiger partial charge < -0.3 is 18.9 Å². The van der Waals surface area contributed by atoms with Crippen LogP contribution in [0.2, 0.25) is 0 Å². The van der Waals surface area contributed by atoms with Crippen LogP contribution in [-0.4, -0.2) is 39.9 Å². The second-order valence-corrected chi connectivity index (χ2v) is 5.51. The monoisotopic (exact) mass is 350 g/mol. The van der Waals surface area contributed by atoms with Crippen molar-refractivity contribution < 1.29 is 28.5 Å². The van der Waals surface area contributed by atoms with Crippen LogP contribution in [0.3, 0.4) is 0 Å². The van der Waals surface area contributed by atoms with Gasteiger partial charge in [0.05, 0.1) is 38.2 Å². The van der Waals surface area contributed by atoms with Crippen molar-refractivity contribution in [2.45, 2.75) is 6.92 Å². The Morgan fingerprint density at radius 1 is 1.21 bits per heavy atom. The van der Waals surface area contributed by atoms with Gasteiger partial charge in [0.25, 0.3) is 0 Å². The SMILES string of the molecule is CCOC(=O)/C=C/c1cc(OC)c(OC)c2scc(C(=O)OC)c12. The van der Waals surface area contributed by atoms with Crippen LogP contribution in [-0.2, 0) is 14.3 Å². The maximum atomic E-state index is 12.0. The molecule has 1 heterocycles. The number of carbonyl (C=O) groups excluding carboxylic acids is 2. The van der Waals surface area contributed by atoms with Crippen LogP contribution >= 0.6 is 11.3 Å². The summed E-state index contributed by atoms with van der Waals surface area (Å²) in [5.74, 6) is 0.113. The number of fused-ring (bicyclic) bond motifs is 1. The number of hydrogen-bond donors (Lipinski definition) is 0. The van der Waals surface area contributed by atoms with Crippen LogP contribution in [0.1, 0.15) is 22.8 Å². The average molecular weight is 350 g/mol. The third-order valence-corrected chi connectivity index (χ3v) is 4.29. The van der Waals surface area contributed by atoms with Gasteiger partial charge in [0.1, 0.15) is 0 Å². The lowest BCUT2D eigenvalue weighted by Gasteiger charge is -2.11. The molecule has 0 radical (unpaired) electrons. The highest BCUT2D eigenvalue weighted by Crippen LogP contribution is 2.43. The summed E-state index contributed by atoms with van der Waals surface area (Å²) in [5.41, 5.74) is 1.04. The number of benzene rings is 1. The van der Waals surface area contributed by atoms with Crippen LogP contribution < -0.4 is 9.47 Å². The molecule has 2 rings (SSSR count). The van der Waals surface area contributed by atoms with Crippen molar-refractivity contribution >= 4 is 39.4 Å². The summed E-state index contributed by atoms with van der Waals surface area (Å²) in [6, 6.07) is 1.70. The number of rotatable bonds is 6. The van der Waals surface area contributed by atoms with Gasteiger partial charge in [-0.25, -0.2) is 9.59 Å². The molecular weight excluding hydrogens is 332 g/mol. The van der Waals surface area contributed by atoms with Gasteiger partial charge in [0.2, 0.25) is 0 Å². The highest BCUT2D eigenvalue weighted by atomic mass is 32.1. The van der Waals surface area contributed by atoms with Crippen molar-refractivity contribution in [3.63, 3.8) is 0 Å². The van der Waals surface area contributed by atoms with Crippen molar-refractivity contribution in [1.29, 1.82) is 0 Å². The molecule has 0 fully saturated rings. The molecule has 128 valence electrons. The standard InChI is InChI=1S/C17H18O6S/c1-5-23-13(18)7-6-10-8-12(20-2)15(21-3)16-14(10)11(9-24-16)17(19)22-4/h6-9H,5H2,1-4H3/b7-6+. The molecule has 24 heavy (non-hydrogen) atoms. The van der Waals surface area contributed by atoms with Gasteiger partial charge in [0, 0.05) is 16.8 Å². The van der Waals surface area contributed by atoms with Crippen molar-refractivity contribution in [2.75, 3.05) is 27.9 Å². The molecule has 1 aromatic heterocycles. The molecule has 7 heteroatoms. The average Bonchev–Trinajstić information content (AvgIpc) is 3.03. The highest BCUT2D eigenvalue weighted by molar-refractivity contribution is 7.18. The van der Waals surface area contributed by atoms with Gasteiger partial charge in [-0.05, 0) is 24.6 Å². The van der Waals surface area contributed by atoms with Gasteiger partial charge in [0.15, 0.2) is 11.5 Å². The molecule has 1 aromatic carbocycles. The van der Waals surface area contributed by atoms with Gasteiger partial charge in [-0.3, -0.25) is 0 Å². The molecule has 0 aliphatic rings. The summed E-state index contributed by atoms with van der Waals surface area (Å²) in [5, 5.41) is 2.34. The highest BCUT2D eigenvalue weighted by Gasteiger charge is 2.21. The molecule has 2 aromatic rings. The zero-order chi connectivity index (χ0) is 17.7. The van der Waals surface area contributed by atoms with Crippen molar-refractivity contribution in [3.8, 4) is 11.5 Å². The van der Waals surface area contributed by atoms with Gasteiger partial charge in [-0.2, -0.15) is 0 Å². The Balaban J connectivity index is 2.69. The third-order valence-electron chi connectivity index (χ3n) is 3.31. The first-order valence-electron chi connectivity index (χ1n) is 7.16. The molecule has 0 amide bonds. The summed E-state index contributed by atoms with van der Waals surface area (Å²) in [6.45, 7) is 2.02. The van der Waals surface area contributed by atoms with Crippen LogP contribution in [0.5, 0.6) is 11.5 Å². The van der Waals surface area contributed by atoms with Crippen LogP contribution in [0.25, 0.3) is 16.2 Å². The van der Waals surface area contributed by atoms with E-state index in [1.807, 2.05) is 0 Å². The number of thiophene rings is 1. The number of hydrogen-bond acceptors (Lipinski definition) is 7. The fourth-order valence-corrected chi connectivity index (χ4v) is 3.37. The van der Waals surface area contributed by atoms with E-state index in [2.05, 4.69) is 0 Å². The first-order chi connectivity index (χ1) is 11.6. The third kappa shape index (κ3) is 3.35. The summed E-state index contributed by atoms with van der Waals surface area (Å²) >= 11 is 1.34. The van der Waals surface area contributed by atoms with Crippen LogP contribution in [0.4, 0.5) is 0 Å². The Bertz CT molecular complexity index is 790. The van der Waals surface area contributed by atoms with Crippen LogP contribution in [0.15, 0.2) is 17.5 Å². The molecular formula is C17H18O6S. The Hall–Kier alpha value is -2.54. The lowest BCUT2D eigenvalue weighted by Crippen LogP contribution is -2.01. The Labute approximate surface area is 143 Å². The second-order valence-electron chi connectivity index (χ2n) is 4.63. The molecule has 0 atom stereocenters. The van der Waals surface area contributed by atoms with E-state index in [9.17, 15) is 9.59 Å². The van der Waals surface area contributed by atoms with Crippen LogP contribution in [0, 0.1) is 0 Å². The minimum Gasteiger partial charge on any atom is -0.493 e. The number of methoxy groups -OCH3 is 3. The maximum absolute atomic E-state index is 12.0. The van der Waals surface area contributed by atoms with Crippen molar-refractivity contribution in [2.24, 2.45) is 0 Å². The first kappa shape index (κ1) is 17.8. The van der Waals surface area contributed by atoms with Gasteiger partial charge in [-0.15, -0.1) is 11.3 Å². The summed E-state index contributed by atoms with van der Waals surface area (Å²) in [7, 11) is 4.38. The predicted octanol–water partition coefficient (Wildman–Crippen LogP) is 3.28. The molecule has 0 saturated carbocycles. The molecule has 0 aliphatic heterocycles. The van der Waals surface area contributed by atoms with E-state index in [-0.39, 0.29) is 6.61 Å². The van der Waals surface area contributed by atoms with Crippen molar-refractivity contribution in [1.82, 2.24) is 0 Å².